The van der Waals surface area contributed by atoms with E-state index >= 15 is 0 Å². The predicted molar refractivity (Wildman–Crippen MR) is 114 cm³/mol. The molecule has 0 saturated carbocycles. The number of ether oxygens (including phenoxy) is 2. The molecule has 0 radical (unpaired) electrons. The number of carbonyl (C=O) groups is 2. The van der Waals surface area contributed by atoms with Gasteiger partial charge in [0.1, 0.15) is 17.0 Å². The molecule has 1 atom stereocenters. The Morgan fingerprint density at radius 3 is 2.47 bits per heavy atom. The zero-order chi connectivity index (χ0) is 22.9. The van der Waals surface area contributed by atoms with E-state index in [0.29, 0.717) is 16.9 Å². The Labute approximate surface area is 182 Å². The summed E-state index contributed by atoms with van der Waals surface area (Å²) in [5.74, 6) is -0.126. The van der Waals surface area contributed by atoms with Crippen LogP contribution in [0, 0.1) is 0 Å². The molecule has 0 unspecified atom stereocenters. The number of urea groups is 1. The molecule has 7 nitrogen and oxygen atoms in total. The summed E-state index contributed by atoms with van der Waals surface area (Å²) in [6.45, 7) is -1.44. The lowest BCUT2D eigenvalue weighted by Gasteiger charge is -2.21. The van der Waals surface area contributed by atoms with Crippen LogP contribution in [0.4, 0.5) is 13.6 Å². The van der Waals surface area contributed by atoms with Gasteiger partial charge in [-0.25, -0.2) is 4.79 Å². The number of carbonyl (C=O) groups excluding carboxylic acids is 2. The van der Waals surface area contributed by atoms with Crippen LogP contribution >= 0.6 is 0 Å². The summed E-state index contributed by atoms with van der Waals surface area (Å²) in [5.41, 5.74) is -0.396. The molecule has 1 aliphatic rings. The fraction of sp³-hybridized carbons (Fsp3) is 0.174. The average Bonchev–Trinajstić information content (AvgIpc) is 3.00. The highest BCUT2D eigenvalue weighted by Gasteiger charge is 2.49. The summed E-state index contributed by atoms with van der Waals surface area (Å²) in [5, 5.41) is 9.28. The summed E-state index contributed by atoms with van der Waals surface area (Å²) in [6, 6.07) is 16.0. The van der Waals surface area contributed by atoms with Gasteiger partial charge in [-0.15, -0.1) is 5.01 Å². The van der Waals surface area contributed by atoms with Crippen LogP contribution in [0.2, 0.25) is 0 Å². The van der Waals surface area contributed by atoms with E-state index in [2.05, 4.69) is 15.2 Å². The molecule has 0 aromatic heterocycles. The molecular formula is C23H19F2N3O4. The van der Waals surface area contributed by atoms with Crippen molar-refractivity contribution in [2.75, 3.05) is 7.11 Å². The van der Waals surface area contributed by atoms with E-state index in [4.69, 9.17) is 4.74 Å². The van der Waals surface area contributed by atoms with Crippen molar-refractivity contribution >= 4 is 28.9 Å². The van der Waals surface area contributed by atoms with Crippen molar-refractivity contribution in [1.29, 1.82) is 0 Å². The van der Waals surface area contributed by atoms with Crippen LogP contribution in [-0.4, -0.2) is 36.9 Å². The molecule has 0 spiro atoms. The van der Waals surface area contributed by atoms with Crippen molar-refractivity contribution in [3.63, 3.8) is 0 Å². The standard InChI is InChI=1S/C23H19F2N3O4/c1-23(15-8-10-16(11-9-15)32-21(24)25)20(29)28(22(30)27-23)26-13-18-17-6-4-3-5-14(17)7-12-19(18)31-2/h3-13,21H,1-2H3,(H,27,30)/b26-13-/t23-/m0/s1. The van der Waals surface area contributed by atoms with E-state index < -0.39 is 24.1 Å². The predicted octanol–water partition coefficient (Wildman–Crippen LogP) is 4.25. The van der Waals surface area contributed by atoms with E-state index in [1.165, 1.54) is 44.5 Å². The molecule has 32 heavy (non-hydrogen) atoms. The minimum atomic E-state index is -2.96. The highest BCUT2D eigenvalue weighted by Crippen LogP contribution is 2.31. The van der Waals surface area contributed by atoms with Crippen molar-refractivity contribution in [3.8, 4) is 11.5 Å². The Morgan fingerprint density at radius 1 is 1.06 bits per heavy atom. The first kappa shape index (κ1) is 21.2. The van der Waals surface area contributed by atoms with Crippen LogP contribution in [0.3, 0.4) is 0 Å². The van der Waals surface area contributed by atoms with Gasteiger partial charge in [-0.1, -0.05) is 42.5 Å². The number of fused-ring (bicyclic) bond motifs is 1. The summed E-state index contributed by atoms with van der Waals surface area (Å²) in [4.78, 5) is 25.6. The lowest BCUT2D eigenvalue weighted by Crippen LogP contribution is -2.40. The molecule has 1 saturated heterocycles. The van der Waals surface area contributed by atoms with Gasteiger partial charge in [0.05, 0.1) is 13.3 Å². The molecule has 164 valence electrons. The Hall–Kier alpha value is -4.01. The molecule has 3 amide bonds. The number of benzene rings is 3. The molecule has 1 aliphatic heterocycles. The van der Waals surface area contributed by atoms with Crippen LogP contribution in [0.5, 0.6) is 11.5 Å². The Bertz CT molecular complexity index is 1210. The number of imide groups is 1. The van der Waals surface area contributed by atoms with Gasteiger partial charge in [-0.05, 0) is 41.5 Å². The van der Waals surface area contributed by atoms with Crippen LogP contribution in [0.25, 0.3) is 10.8 Å². The van der Waals surface area contributed by atoms with E-state index in [1.54, 1.807) is 6.07 Å². The maximum atomic E-state index is 13.1. The highest BCUT2D eigenvalue weighted by atomic mass is 19.3. The maximum Gasteiger partial charge on any atom is 0.387 e. The first-order valence-electron chi connectivity index (χ1n) is 9.65. The third kappa shape index (κ3) is 3.73. The number of nitrogens with zero attached hydrogens (tertiary/aromatic N) is 2. The van der Waals surface area contributed by atoms with Gasteiger partial charge in [-0.2, -0.15) is 13.9 Å². The minimum Gasteiger partial charge on any atom is -0.496 e. The number of hydrazone groups is 1. The largest absolute Gasteiger partial charge is 0.496 e. The molecule has 4 rings (SSSR count). The Morgan fingerprint density at radius 2 is 1.78 bits per heavy atom. The van der Waals surface area contributed by atoms with Gasteiger partial charge in [0.15, 0.2) is 0 Å². The number of methoxy groups -OCH3 is 1. The number of amides is 3. The number of nitrogens with one attached hydrogen (secondary N) is 1. The van der Waals surface area contributed by atoms with E-state index in [-0.39, 0.29) is 5.75 Å². The summed E-state index contributed by atoms with van der Waals surface area (Å²) in [7, 11) is 1.52. The van der Waals surface area contributed by atoms with E-state index in [1.807, 2.05) is 30.3 Å². The van der Waals surface area contributed by atoms with Crippen molar-refractivity contribution in [2.24, 2.45) is 5.10 Å². The number of alkyl halides is 2. The number of hydrogen-bond donors (Lipinski definition) is 1. The third-order valence-corrected chi connectivity index (χ3v) is 5.28. The van der Waals surface area contributed by atoms with E-state index in [9.17, 15) is 18.4 Å². The third-order valence-electron chi connectivity index (χ3n) is 5.28. The first-order valence-corrected chi connectivity index (χ1v) is 9.65. The molecule has 1 heterocycles. The van der Waals surface area contributed by atoms with Gasteiger partial charge in [0, 0.05) is 5.56 Å². The van der Waals surface area contributed by atoms with Gasteiger partial charge >= 0.3 is 12.6 Å². The monoisotopic (exact) mass is 439 g/mol. The second-order valence-electron chi connectivity index (χ2n) is 7.22. The van der Waals surface area contributed by atoms with Crippen LogP contribution < -0.4 is 14.8 Å². The number of halogens is 2. The minimum absolute atomic E-state index is 0.0537. The summed E-state index contributed by atoms with van der Waals surface area (Å²) >= 11 is 0. The molecule has 3 aromatic rings. The zero-order valence-electron chi connectivity index (χ0n) is 17.2. The van der Waals surface area contributed by atoms with E-state index in [0.717, 1.165) is 15.8 Å². The topological polar surface area (TPSA) is 80.2 Å². The van der Waals surface area contributed by atoms with Gasteiger partial charge in [-0.3, -0.25) is 4.79 Å². The number of hydrogen-bond acceptors (Lipinski definition) is 5. The van der Waals surface area contributed by atoms with Gasteiger partial charge in [0.2, 0.25) is 0 Å². The lowest BCUT2D eigenvalue weighted by atomic mass is 9.92. The smallest absolute Gasteiger partial charge is 0.387 e. The van der Waals surface area contributed by atoms with Gasteiger partial charge in [0.25, 0.3) is 5.91 Å². The normalized spacial score (nSPS) is 18.6. The molecular weight excluding hydrogens is 420 g/mol. The molecule has 9 heteroatoms. The summed E-state index contributed by atoms with van der Waals surface area (Å²) < 4.78 is 34.5. The highest BCUT2D eigenvalue weighted by molar-refractivity contribution is 6.09. The van der Waals surface area contributed by atoms with Crippen molar-refractivity contribution < 1.29 is 27.8 Å². The zero-order valence-corrected chi connectivity index (χ0v) is 17.2. The molecule has 3 aromatic carbocycles. The van der Waals surface area contributed by atoms with Crippen molar-refractivity contribution in [3.05, 3.63) is 71.8 Å². The molecule has 1 N–H and O–H groups in total. The first-order chi connectivity index (χ1) is 15.3. The molecule has 0 aliphatic carbocycles. The van der Waals surface area contributed by atoms with Crippen LogP contribution in [0.15, 0.2) is 65.8 Å². The Balaban J connectivity index is 1.64. The molecule has 0 bridgehead atoms. The average molecular weight is 439 g/mol. The summed E-state index contributed by atoms with van der Waals surface area (Å²) in [6.07, 6.45) is 1.41. The van der Waals surface area contributed by atoms with Crippen molar-refractivity contribution in [1.82, 2.24) is 10.3 Å². The second kappa shape index (κ2) is 8.26. The molecule has 1 fully saturated rings. The fourth-order valence-electron chi connectivity index (χ4n) is 3.60. The van der Waals surface area contributed by atoms with Crippen molar-refractivity contribution in [2.45, 2.75) is 19.1 Å². The Kier molecular flexibility index (Phi) is 5.48. The second-order valence-corrected chi connectivity index (χ2v) is 7.22. The maximum absolute atomic E-state index is 13.1. The van der Waals surface area contributed by atoms with Crippen LogP contribution in [0.1, 0.15) is 18.1 Å². The lowest BCUT2D eigenvalue weighted by molar-refractivity contribution is -0.131. The quantitative estimate of drug-likeness (QED) is 0.460. The SMILES string of the molecule is COc1ccc2ccccc2c1/C=N\N1C(=O)N[C@@](C)(c2ccc(OC(F)F)cc2)C1=O. The van der Waals surface area contributed by atoms with Gasteiger partial charge < -0.3 is 14.8 Å². The fourth-order valence-corrected chi connectivity index (χ4v) is 3.60. The number of rotatable bonds is 6. The van der Waals surface area contributed by atoms with Crippen LogP contribution in [-0.2, 0) is 10.3 Å².